The van der Waals surface area contributed by atoms with Crippen molar-refractivity contribution in [2.24, 2.45) is 0 Å². The van der Waals surface area contributed by atoms with Crippen LogP contribution in [-0.2, 0) is 10.8 Å². The zero-order chi connectivity index (χ0) is 26.5. The first-order chi connectivity index (χ1) is 17.7. The van der Waals surface area contributed by atoms with Gasteiger partial charge in [-0.15, -0.1) is 0 Å². The Morgan fingerprint density at radius 2 is 0.757 bits per heavy atom. The average Bonchev–Trinajstić information content (AvgIpc) is 2.91. The van der Waals surface area contributed by atoms with E-state index in [1.165, 1.54) is 54.4 Å². The van der Waals surface area contributed by atoms with Gasteiger partial charge in [-0.05, 0) is 83.6 Å². The molecule has 4 heteroatoms. The zero-order valence-electron chi connectivity index (χ0n) is 22.1. The lowest BCUT2D eigenvalue weighted by Gasteiger charge is -2.38. The molecule has 0 unspecified atom stereocenters. The van der Waals surface area contributed by atoms with Crippen LogP contribution in [0.3, 0.4) is 0 Å². The third-order valence-electron chi connectivity index (χ3n) is 7.90. The lowest BCUT2D eigenvalue weighted by atomic mass is 9.65. The maximum Gasteiger partial charge on any atom is 0.0314 e. The molecule has 1 aliphatic rings. The molecule has 0 bridgehead atoms. The molecule has 0 spiro atoms. The fourth-order valence-corrected chi connectivity index (χ4v) is 5.47. The normalized spacial score (nSPS) is 14.9. The molecule has 192 valence electrons. The summed E-state index contributed by atoms with van der Waals surface area (Å²) in [5.41, 5.74) is 31.7. The molecule has 1 saturated carbocycles. The number of nitrogen functional groups attached to an aromatic ring is 4. The Morgan fingerprint density at radius 3 is 1.08 bits per heavy atom. The predicted molar refractivity (Wildman–Crippen MR) is 159 cm³/mol. The van der Waals surface area contributed by atoms with Gasteiger partial charge in [0.2, 0.25) is 0 Å². The number of benzene rings is 4. The number of anilines is 4. The summed E-state index contributed by atoms with van der Waals surface area (Å²) in [5.74, 6) is 0. The summed E-state index contributed by atoms with van der Waals surface area (Å²) in [6.45, 7) is 4.40. The molecule has 0 heterocycles. The molecule has 5 rings (SSSR count). The van der Waals surface area contributed by atoms with Gasteiger partial charge in [0.25, 0.3) is 0 Å². The Hall–Kier alpha value is -3.92. The molecule has 0 aliphatic heterocycles. The highest BCUT2D eigenvalue weighted by Gasteiger charge is 2.35. The van der Waals surface area contributed by atoms with Gasteiger partial charge in [-0.1, -0.05) is 81.6 Å². The first-order valence-electron chi connectivity index (χ1n) is 13.1. The first-order valence-corrected chi connectivity index (χ1v) is 13.1. The van der Waals surface area contributed by atoms with Crippen LogP contribution in [0, 0.1) is 0 Å². The van der Waals surface area contributed by atoms with Crippen LogP contribution in [0.2, 0.25) is 0 Å². The van der Waals surface area contributed by atoms with Gasteiger partial charge in [0.05, 0.1) is 0 Å². The summed E-state index contributed by atoms with van der Waals surface area (Å²) < 4.78 is 0. The quantitative estimate of drug-likeness (QED) is 0.225. The van der Waals surface area contributed by atoms with Crippen LogP contribution in [0.15, 0.2) is 97.1 Å². The highest BCUT2D eigenvalue weighted by Crippen LogP contribution is 2.45. The lowest BCUT2D eigenvalue weighted by molar-refractivity contribution is 0.346. The minimum absolute atomic E-state index is 0.0403. The summed E-state index contributed by atoms with van der Waals surface area (Å²) in [6.07, 6.45) is 6.33. The van der Waals surface area contributed by atoms with Gasteiger partial charge in [-0.25, -0.2) is 0 Å². The van der Waals surface area contributed by atoms with Gasteiger partial charge in [0.1, 0.15) is 0 Å². The van der Waals surface area contributed by atoms with E-state index in [4.69, 9.17) is 22.9 Å². The van der Waals surface area contributed by atoms with Crippen molar-refractivity contribution in [2.75, 3.05) is 22.9 Å². The third-order valence-corrected chi connectivity index (χ3v) is 7.90. The number of hydrogen-bond acceptors (Lipinski definition) is 4. The zero-order valence-corrected chi connectivity index (χ0v) is 22.1. The minimum Gasteiger partial charge on any atom is -0.399 e. The Kier molecular flexibility index (Phi) is 7.77. The van der Waals surface area contributed by atoms with Crippen LogP contribution in [0.25, 0.3) is 0 Å². The molecule has 1 aliphatic carbocycles. The second-order valence-electron chi connectivity index (χ2n) is 10.8. The Balaban J connectivity index is 0.000000176. The molecule has 4 aromatic rings. The van der Waals surface area contributed by atoms with Crippen LogP contribution in [0.4, 0.5) is 22.7 Å². The van der Waals surface area contributed by atoms with Crippen molar-refractivity contribution in [1.29, 1.82) is 0 Å². The Morgan fingerprint density at radius 1 is 0.459 bits per heavy atom. The topological polar surface area (TPSA) is 104 Å². The monoisotopic (exact) mass is 492 g/mol. The third kappa shape index (κ3) is 5.91. The van der Waals surface area contributed by atoms with Crippen LogP contribution in [0.1, 0.15) is 68.2 Å². The van der Waals surface area contributed by atoms with Crippen molar-refractivity contribution < 1.29 is 0 Å². The van der Waals surface area contributed by atoms with Gasteiger partial charge in [-0.3, -0.25) is 0 Å². The van der Waals surface area contributed by atoms with Crippen molar-refractivity contribution in [2.45, 2.75) is 56.8 Å². The second-order valence-corrected chi connectivity index (χ2v) is 10.8. The largest absolute Gasteiger partial charge is 0.399 e. The molecule has 0 aromatic heterocycles. The molecule has 0 radical (unpaired) electrons. The van der Waals surface area contributed by atoms with Crippen molar-refractivity contribution in [3.05, 3.63) is 119 Å². The molecule has 0 saturated heterocycles. The smallest absolute Gasteiger partial charge is 0.0314 e. The van der Waals surface area contributed by atoms with E-state index in [0.717, 1.165) is 22.7 Å². The maximum atomic E-state index is 5.84. The number of hydrogen-bond donors (Lipinski definition) is 4. The van der Waals surface area contributed by atoms with Crippen LogP contribution < -0.4 is 22.9 Å². The molecular weight excluding hydrogens is 452 g/mol. The van der Waals surface area contributed by atoms with E-state index in [2.05, 4.69) is 62.4 Å². The standard InChI is InChI=1S/C18H22N2.C15H18N2/c19-16-8-4-14(5-9-16)18(12-2-1-3-13-18)15-6-10-17(20)11-7-15;1-15(2,11-3-7-13(16)8-4-11)12-5-9-14(17)10-6-12/h4-11H,1-3,12-13,19-20H2;3-10H,16-17H2,1-2H3. The minimum atomic E-state index is -0.0403. The van der Waals surface area contributed by atoms with Crippen LogP contribution in [-0.4, -0.2) is 0 Å². The first kappa shape index (κ1) is 26.2. The van der Waals surface area contributed by atoms with Gasteiger partial charge in [0.15, 0.2) is 0 Å². The molecule has 0 atom stereocenters. The average molecular weight is 493 g/mol. The lowest BCUT2D eigenvalue weighted by Crippen LogP contribution is -2.30. The molecule has 1 fully saturated rings. The second kappa shape index (κ2) is 11.0. The fraction of sp³-hybridized carbons (Fsp3) is 0.273. The van der Waals surface area contributed by atoms with Crippen molar-refractivity contribution in [3.63, 3.8) is 0 Å². The number of nitrogens with two attached hydrogens (primary N) is 4. The highest BCUT2D eigenvalue weighted by molar-refractivity contribution is 5.50. The van der Waals surface area contributed by atoms with Crippen molar-refractivity contribution in [1.82, 2.24) is 0 Å². The van der Waals surface area contributed by atoms with Gasteiger partial charge in [-0.2, -0.15) is 0 Å². The van der Waals surface area contributed by atoms with E-state index in [9.17, 15) is 0 Å². The highest BCUT2D eigenvalue weighted by atomic mass is 14.6. The van der Waals surface area contributed by atoms with Crippen LogP contribution in [0.5, 0.6) is 0 Å². The molecule has 8 N–H and O–H groups in total. The maximum absolute atomic E-state index is 5.84. The van der Waals surface area contributed by atoms with E-state index in [-0.39, 0.29) is 10.8 Å². The Bertz CT molecular complexity index is 1170. The summed E-state index contributed by atoms with van der Waals surface area (Å²) in [5, 5.41) is 0. The molecular formula is C33H40N4. The van der Waals surface area contributed by atoms with E-state index >= 15 is 0 Å². The fourth-order valence-electron chi connectivity index (χ4n) is 5.47. The summed E-state index contributed by atoms with van der Waals surface area (Å²) >= 11 is 0. The molecule has 37 heavy (non-hydrogen) atoms. The van der Waals surface area contributed by atoms with Crippen molar-refractivity contribution >= 4 is 22.7 Å². The number of rotatable bonds is 4. The van der Waals surface area contributed by atoms with Gasteiger partial charge < -0.3 is 22.9 Å². The van der Waals surface area contributed by atoms with E-state index in [0.29, 0.717) is 0 Å². The van der Waals surface area contributed by atoms with Crippen LogP contribution >= 0.6 is 0 Å². The Labute approximate surface area is 221 Å². The van der Waals surface area contributed by atoms with E-state index in [1.807, 2.05) is 48.5 Å². The van der Waals surface area contributed by atoms with E-state index in [1.54, 1.807) is 0 Å². The SMILES string of the molecule is CC(C)(c1ccc(N)cc1)c1ccc(N)cc1.Nc1ccc(C2(c3ccc(N)cc3)CCCCC2)cc1. The van der Waals surface area contributed by atoms with Crippen molar-refractivity contribution in [3.8, 4) is 0 Å². The van der Waals surface area contributed by atoms with Gasteiger partial charge in [0, 0.05) is 33.6 Å². The van der Waals surface area contributed by atoms with E-state index < -0.39 is 0 Å². The molecule has 0 amide bonds. The summed E-state index contributed by atoms with van der Waals surface area (Å²) in [4.78, 5) is 0. The summed E-state index contributed by atoms with van der Waals surface area (Å²) in [6, 6.07) is 32.9. The summed E-state index contributed by atoms with van der Waals surface area (Å²) in [7, 11) is 0. The molecule has 4 nitrogen and oxygen atoms in total. The molecule has 4 aromatic carbocycles. The van der Waals surface area contributed by atoms with Gasteiger partial charge >= 0.3 is 0 Å². The predicted octanol–water partition coefficient (Wildman–Crippen LogP) is 7.28.